The van der Waals surface area contributed by atoms with Crippen molar-refractivity contribution in [3.8, 4) is 0 Å². The molecule has 3 aromatic carbocycles. The number of thiocarbonyl (C=S) groups is 1. The van der Waals surface area contributed by atoms with Crippen LogP contribution >= 0.6 is 44.8 Å². The average molecular weight is 476 g/mol. The van der Waals surface area contributed by atoms with Gasteiger partial charge in [0.25, 0.3) is 0 Å². The van der Waals surface area contributed by atoms with E-state index in [0.717, 1.165) is 9.81 Å². The van der Waals surface area contributed by atoms with E-state index in [9.17, 15) is 0 Å². The molecule has 1 nitrogen and oxygen atoms in total. The average Bonchev–Trinajstić information content (AvgIpc) is 2.74. The van der Waals surface area contributed by atoms with Gasteiger partial charge >= 0.3 is 180 Å². The van der Waals surface area contributed by atoms with Gasteiger partial charge in [-0.1, -0.05) is 0 Å². The summed E-state index contributed by atoms with van der Waals surface area (Å²) in [5.74, 6) is 0. The van der Waals surface area contributed by atoms with E-state index in [-0.39, 0.29) is 0 Å². The molecule has 0 saturated heterocycles. The zero-order valence-electron chi connectivity index (χ0n) is 15.5. The van der Waals surface area contributed by atoms with E-state index in [0.29, 0.717) is 0 Å². The molecule has 0 aliphatic heterocycles. The molecule has 5 heteroatoms. The van der Waals surface area contributed by atoms with Crippen molar-refractivity contribution in [1.82, 2.24) is 4.90 Å². The Morgan fingerprint density at radius 3 is 1.41 bits per heavy atom. The van der Waals surface area contributed by atoms with Crippen molar-refractivity contribution < 1.29 is 0 Å². The van der Waals surface area contributed by atoms with Gasteiger partial charge in [0.05, 0.1) is 0 Å². The van der Waals surface area contributed by atoms with E-state index >= 15 is 0 Å². The maximum absolute atomic E-state index is 5.63. The van der Waals surface area contributed by atoms with Crippen LogP contribution in [0.1, 0.15) is 0 Å². The molecule has 0 spiro atoms. The van der Waals surface area contributed by atoms with Crippen molar-refractivity contribution in [3.63, 3.8) is 0 Å². The van der Waals surface area contributed by atoms with E-state index in [4.69, 9.17) is 12.2 Å². The maximum atomic E-state index is 5.63. The van der Waals surface area contributed by atoms with Crippen LogP contribution in [0.15, 0.2) is 91.0 Å². The Balaban J connectivity index is 2.30. The van der Waals surface area contributed by atoms with Crippen molar-refractivity contribution >= 4 is 65.0 Å². The van der Waals surface area contributed by atoms with Crippen LogP contribution in [-0.4, -0.2) is 28.8 Å². The number of hydrogen-bond donors (Lipinski definition) is 0. The third-order valence-electron chi connectivity index (χ3n) is 4.68. The minimum absolute atomic E-state index is 0.862. The van der Waals surface area contributed by atoms with E-state index in [2.05, 4.69) is 106 Å². The van der Waals surface area contributed by atoms with Gasteiger partial charge in [0.2, 0.25) is 0 Å². The zero-order chi connectivity index (χ0) is 19.4. The van der Waals surface area contributed by atoms with Gasteiger partial charge in [-0.2, -0.15) is 0 Å². The molecule has 0 bridgehead atoms. The van der Waals surface area contributed by atoms with Gasteiger partial charge in [0.15, 0.2) is 0 Å². The summed E-state index contributed by atoms with van der Waals surface area (Å²) in [4.78, 5) is 2.01. The van der Waals surface area contributed by atoms with Crippen molar-refractivity contribution in [1.29, 1.82) is 0 Å². The van der Waals surface area contributed by atoms with E-state index < -0.39 is 5.31 Å². The summed E-state index contributed by atoms with van der Waals surface area (Å²) in [6.07, 6.45) is 0. The predicted octanol–water partition coefficient (Wildman–Crippen LogP) is 5.36. The van der Waals surface area contributed by atoms with Crippen LogP contribution in [0, 0.1) is 0 Å². The Morgan fingerprint density at radius 2 is 1.11 bits per heavy atom. The predicted molar refractivity (Wildman–Crippen MR) is 133 cm³/mol. The third kappa shape index (κ3) is 3.86. The summed E-state index contributed by atoms with van der Waals surface area (Å²) in [5.41, 5.74) is 0.862. The fourth-order valence-corrected chi connectivity index (χ4v) is 13.5. The van der Waals surface area contributed by atoms with Gasteiger partial charge in [-0.05, 0) is 0 Å². The summed E-state index contributed by atoms with van der Waals surface area (Å²) < 4.78 is 0.895. The second-order valence-corrected chi connectivity index (χ2v) is 17.6. The second kappa shape index (κ2) is 8.45. The van der Waals surface area contributed by atoms with Crippen LogP contribution in [0.4, 0.5) is 0 Å². The summed E-state index contributed by atoms with van der Waals surface area (Å²) in [7, 11) is 4.01. The quantitative estimate of drug-likeness (QED) is 0.361. The number of hydrogen-bond acceptors (Lipinski definition) is 2. The third-order valence-corrected chi connectivity index (χ3v) is 18.1. The molecular formula is C22H23BrNPS2. The molecule has 0 aliphatic rings. The van der Waals surface area contributed by atoms with Crippen LogP contribution in [0.25, 0.3) is 0 Å². The molecule has 0 aliphatic carbocycles. The van der Waals surface area contributed by atoms with E-state index in [1.807, 2.05) is 19.0 Å². The van der Waals surface area contributed by atoms with Crippen molar-refractivity contribution in [3.05, 3.63) is 91.0 Å². The van der Waals surface area contributed by atoms with E-state index in [1.165, 1.54) is 15.9 Å². The Morgan fingerprint density at radius 1 is 0.778 bits per heavy atom. The number of halogens is 1. The summed E-state index contributed by atoms with van der Waals surface area (Å²) in [6, 6.07) is 32.4. The Labute approximate surface area is 179 Å². The molecule has 0 N–H and O–H groups in total. The normalized spacial score (nSPS) is 12.8. The fraction of sp³-hybridized carbons (Fsp3) is 0.136. The van der Waals surface area contributed by atoms with Gasteiger partial charge < -0.3 is 0 Å². The van der Waals surface area contributed by atoms with Crippen LogP contribution in [0.5, 0.6) is 0 Å². The van der Waals surface area contributed by atoms with Crippen molar-refractivity contribution in [2.24, 2.45) is 0 Å². The van der Waals surface area contributed by atoms with Crippen molar-refractivity contribution in [2.75, 3.05) is 19.6 Å². The molecule has 0 atom stereocenters. The van der Waals surface area contributed by atoms with Crippen LogP contribution in [-0.2, 0) is 0 Å². The first kappa shape index (κ1) is 20.5. The number of benzene rings is 3. The zero-order valence-corrected chi connectivity index (χ0v) is 19.6. The van der Waals surface area contributed by atoms with Crippen LogP contribution < -0.4 is 15.9 Å². The molecule has 3 rings (SSSR count). The Hall–Kier alpha value is -1.19. The Bertz CT molecular complexity index is 802. The number of nitrogens with zero attached hydrogens (tertiary/aromatic N) is 1. The first-order valence-corrected chi connectivity index (χ1v) is 14.5. The van der Waals surface area contributed by atoms with Gasteiger partial charge in [0.1, 0.15) is 0 Å². The van der Waals surface area contributed by atoms with Crippen LogP contribution in [0.3, 0.4) is 0 Å². The standard InChI is InChI=1S/C22H23BrNPS2/c1-24(2)22(26)27-18-25(23,19-12-6-3-7-13-19,20-14-8-4-9-15-20)21-16-10-5-11-17-21/h3-17H,18H2,1-2H3. The fourth-order valence-electron chi connectivity index (χ4n) is 3.19. The molecule has 0 heterocycles. The number of rotatable bonds is 5. The SMILES string of the molecule is CN(C)C(=S)SCP(Br)(c1ccccc1)(c1ccccc1)c1ccccc1. The molecule has 0 radical (unpaired) electrons. The topological polar surface area (TPSA) is 3.24 Å². The first-order valence-electron chi connectivity index (χ1n) is 8.70. The molecule has 0 aromatic heterocycles. The van der Waals surface area contributed by atoms with Crippen molar-refractivity contribution in [2.45, 2.75) is 0 Å². The molecule has 0 unspecified atom stereocenters. The molecule has 140 valence electrons. The Kier molecular flexibility index (Phi) is 6.43. The van der Waals surface area contributed by atoms with Crippen LogP contribution in [0.2, 0.25) is 0 Å². The summed E-state index contributed by atoms with van der Waals surface area (Å²) >= 11 is 11.8. The number of thioether (sulfide) groups is 1. The van der Waals surface area contributed by atoms with Gasteiger partial charge in [-0.3, -0.25) is 0 Å². The molecular weight excluding hydrogens is 453 g/mol. The molecule has 0 fully saturated rings. The minimum atomic E-state index is -2.88. The van der Waals surface area contributed by atoms with E-state index in [1.54, 1.807) is 11.8 Å². The monoisotopic (exact) mass is 475 g/mol. The summed E-state index contributed by atoms with van der Waals surface area (Å²) in [5, 5.41) is 1.06. The molecule has 27 heavy (non-hydrogen) atoms. The second-order valence-electron chi connectivity index (χ2n) is 6.62. The molecule has 3 aromatic rings. The molecule has 0 amide bonds. The molecule has 0 saturated carbocycles. The van der Waals surface area contributed by atoms with Gasteiger partial charge in [-0.25, -0.2) is 0 Å². The van der Waals surface area contributed by atoms with Gasteiger partial charge in [0, 0.05) is 0 Å². The first-order chi connectivity index (χ1) is 13.0. The summed E-state index contributed by atoms with van der Waals surface area (Å²) in [6.45, 7) is 0. The van der Waals surface area contributed by atoms with Gasteiger partial charge in [-0.15, -0.1) is 0 Å².